The molecular weight excluding hydrogens is 534 g/mol. The number of amides is 1. The average Bonchev–Trinajstić information content (AvgIpc) is 3.87. The Kier molecular flexibility index (Phi) is 7.51. The van der Waals surface area contributed by atoms with E-state index in [1.807, 2.05) is 6.07 Å². The molecule has 0 saturated carbocycles. The molecule has 218 valence electrons. The van der Waals surface area contributed by atoms with E-state index in [1.54, 1.807) is 0 Å². The lowest BCUT2D eigenvalue weighted by Crippen LogP contribution is -2.42. The topological polar surface area (TPSA) is 103 Å². The highest BCUT2D eigenvalue weighted by Gasteiger charge is 2.29. The quantitative estimate of drug-likeness (QED) is 0.172. The molecule has 4 heterocycles. The zero-order valence-corrected chi connectivity index (χ0v) is 24.4. The van der Waals surface area contributed by atoms with E-state index in [0.717, 1.165) is 78.0 Å². The molecule has 1 aliphatic heterocycles. The van der Waals surface area contributed by atoms with E-state index in [1.165, 1.54) is 16.5 Å². The van der Waals surface area contributed by atoms with Crippen LogP contribution in [0.15, 0.2) is 85.2 Å². The first kappa shape index (κ1) is 27.2. The SMILES string of the molecule is CCc1ccc(-n2c(CCc3c[nH]c4ccccc34)nnc2C(CNC(=O)[C@@H]2CCCN2)c2c[nH]c3ccccc23)cc1. The second kappa shape index (κ2) is 11.9. The summed E-state index contributed by atoms with van der Waals surface area (Å²) in [4.78, 5) is 20.0. The molecule has 3 aromatic carbocycles. The number of fused-ring (bicyclic) bond motifs is 2. The first-order chi connectivity index (χ1) is 21.2. The minimum Gasteiger partial charge on any atom is -0.361 e. The van der Waals surface area contributed by atoms with Crippen molar-refractivity contribution < 1.29 is 4.79 Å². The molecule has 1 unspecified atom stereocenters. The van der Waals surface area contributed by atoms with Gasteiger partial charge >= 0.3 is 0 Å². The van der Waals surface area contributed by atoms with E-state index in [0.29, 0.717) is 6.54 Å². The highest BCUT2D eigenvalue weighted by atomic mass is 16.2. The van der Waals surface area contributed by atoms with Crippen LogP contribution in [-0.4, -0.2) is 49.8 Å². The fourth-order valence-corrected chi connectivity index (χ4v) is 6.42. The van der Waals surface area contributed by atoms with Crippen LogP contribution in [0, 0.1) is 0 Å². The zero-order chi connectivity index (χ0) is 29.2. The third kappa shape index (κ3) is 5.34. The maximum atomic E-state index is 13.2. The van der Waals surface area contributed by atoms with Gasteiger partial charge in [0.2, 0.25) is 5.91 Å². The summed E-state index contributed by atoms with van der Waals surface area (Å²) in [5.74, 6) is 1.56. The van der Waals surface area contributed by atoms with Gasteiger partial charge in [0, 0.05) is 52.9 Å². The third-order valence-electron chi connectivity index (χ3n) is 8.82. The van der Waals surface area contributed by atoms with Crippen LogP contribution in [0.4, 0.5) is 0 Å². The number of carbonyl (C=O) groups is 1. The van der Waals surface area contributed by atoms with Gasteiger partial charge in [0.1, 0.15) is 11.6 Å². The number of benzene rings is 3. The van der Waals surface area contributed by atoms with E-state index in [-0.39, 0.29) is 17.9 Å². The molecule has 1 amide bonds. The molecular formula is C35H37N7O. The first-order valence-electron chi connectivity index (χ1n) is 15.3. The first-order valence-corrected chi connectivity index (χ1v) is 15.3. The molecule has 8 nitrogen and oxygen atoms in total. The minimum atomic E-state index is -0.207. The Hall–Kier alpha value is -4.69. The van der Waals surface area contributed by atoms with Crippen LogP contribution in [0.3, 0.4) is 0 Å². The van der Waals surface area contributed by atoms with Gasteiger partial charge < -0.3 is 20.6 Å². The Labute approximate surface area is 250 Å². The normalized spacial score (nSPS) is 15.8. The van der Waals surface area contributed by atoms with Gasteiger partial charge in [-0.1, -0.05) is 55.5 Å². The van der Waals surface area contributed by atoms with Crippen molar-refractivity contribution in [2.24, 2.45) is 0 Å². The number of aromatic amines is 2. The van der Waals surface area contributed by atoms with Gasteiger partial charge in [-0.15, -0.1) is 10.2 Å². The summed E-state index contributed by atoms with van der Waals surface area (Å²) in [7, 11) is 0. The number of rotatable bonds is 10. The van der Waals surface area contributed by atoms with Gasteiger partial charge in [0.15, 0.2) is 0 Å². The van der Waals surface area contributed by atoms with Gasteiger partial charge in [-0.3, -0.25) is 9.36 Å². The molecule has 1 saturated heterocycles. The van der Waals surface area contributed by atoms with E-state index in [4.69, 9.17) is 10.2 Å². The lowest BCUT2D eigenvalue weighted by molar-refractivity contribution is -0.122. The molecule has 0 radical (unpaired) electrons. The Balaban J connectivity index is 1.29. The minimum absolute atomic E-state index is 0.0419. The fourth-order valence-electron chi connectivity index (χ4n) is 6.42. The lowest BCUT2D eigenvalue weighted by atomic mass is 9.96. The van der Waals surface area contributed by atoms with E-state index < -0.39 is 0 Å². The van der Waals surface area contributed by atoms with Gasteiger partial charge in [0.05, 0.1) is 12.0 Å². The van der Waals surface area contributed by atoms with Crippen LogP contribution in [0.2, 0.25) is 0 Å². The number of hydrogen-bond donors (Lipinski definition) is 4. The van der Waals surface area contributed by atoms with Gasteiger partial charge in [-0.05, 0) is 73.2 Å². The van der Waals surface area contributed by atoms with Crippen LogP contribution < -0.4 is 10.6 Å². The average molecular weight is 572 g/mol. The largest absolute Gasteiger partial charge is 0.361 e. The van der Waals surface area contributed by atoms with Crippen molar-refractivity contribution in [3.8, 4) is 5.69 Å². The van der Waals surface area contributed by atoms with Gasteiger partial charge in [-0.25, -0.2) is 0 Å². The van der Waals surface area contributed by atoms with Crippen molar-refractivity contribution in [3.63, 3.8) is 0 Å². The second-order valence-electron chi connectivity index (χ2n) is 11.4. The van der Waals surface area contributed by atoms with Crippen molar-refractivity contribution in [1.29, 1.82) is 0 Å². The van der Waals surface area contributed by atoms with Crippen molar-refractivity contribution in [2.75, 3.05) is 13.1 Å². The molecule has 6 aromatic rings. The van der Waals surface area contributed by atoms with Crippen molar-refractivity contribution in [1.82, 2.24) is 35.4 Å². The highest BCUT2D eigenvalue weighted by molar-refractivity contribution is 5.85. The van der Waals surface area contributed by atoms with Gasteiger partial charge in [-0.2, -0.15) is 0 Å². The zero-order valence-electron chi connectivity index (χ0n) is 24.4. The summed E-state index contributed by atoms with van der Waals surface area (Å²) >= 11 is 0. The molecule has 0 spiro atoms. The van der Waals surface area contributed by atoms with Crippen LogP contribution in [0.5, 0.6) is 0 Å². The maximum Gasteiger partial charge on any atom is 0.237 e. The maximum absolute atomic E-state index is 13.2. The summed E-state index contributed by atoms with van der Waals surface area (Å²) in [6.45, 7) is 3.47. The molecule has 0 bridgehead atoms. The fraction of sp³-hybridized carbons (Fsp3) is 0.286. The number of aromatic nitrogens is 5. The highest BCUT2D eigenvalue weighted by Crippen LogP contribution is 2.32. The molecule has 4 N–H and O–H groups in total. The number of hydrogen-bond acceptors (Lipinski definition) is 4. The predicted octanol–water partition coefficient (Wildman–Crippen LogP) is 5.58. The molecule has 1 fully saturated rings. The molecule has 8 heteroatoms. The molecule has 43 heavy (non-hydrogen) atoms. The Morgan fingerprint density at radius 2 is 1.67 bits per heavy atom. The Morgan fingerprint density at radius 3 is 2.44 bits per heavy atom. The summed E-state index contributed by atoms with van der Waals surface area (Å²) in [5.41, 5.74) is 6.86. The monoisotopic (exact) mass is 571 g/mol. The molecule has 1 aliphatic rings. The Bertz CT molecular complexity index is 1860. The van der Waals surface area contributed by atoms with Crippen LogP contribution in [0.1, 0.15) is 54.0 Å². The summed E-state index contributed by atoms with van der Waals surface area (Å²) in [5, 5.41) is 18.6. The van der Waals surface area contributed by atoms with Crippen LogP contribution in [-0.2, 0) is 24.1 Å². The predicted molar refractivity (Wildman–Crippen MR) is 171 cm³/mol. The number of aryl methyl sites for hydroxylation is 3. The van der Waals surface area contributed by atoms with Gasteiger partial charge in [0.25, 0.3) is 0 Å². The van der Waals surface area contributed by atoms with Crippen molar-refractivity contribution in [2.45, 2.75) is 51.0 Å². The van der Waals surface area contributed by atoms with E-state index in [9.17, 15) is 4.79 Å². The summed E-state index contributed by atoms with van der Waals surface area (Å²) in [6.07, 6.45) is 8.57. The molecule has 7 rings (SSSR count). The second-order valence-corrected chi connectivity index (χ2v) is 11.4. The standard InChI is InChI=1S/C35H37N7O/c1-2-23-13-16-25(17-14-23)42-33(18-15-24-20-37-30-10-5-3-8-26(24)30)40-41-34(42)29(22-39-35(43)32-12-7-19-36-32)28-21-38-31-11-6-4-9-27(28)31/h3-6,8-11,13-14,16-17,20-21,29,32,36-38H,2,7,12,15,18-19,22H2,1H3,(H,39,43)/t29?,32-/m0/s1. The van der Waals surface area contributed by atoms with E-state index >= 15 is 0 Å². The number of H-pyrrole nitrogens is 2. The molecule has 2 atom stereocenters. The Morgan fingerprint density at radius 1 is 0.930 bits per heavy atom. The molecule has 0 aliphatic carbocycles. The third-order valence-corrected chi connectivity index (χ3v) is 8.82. The van der Waals surface area contributed by atoms with E-state index in [2.05, 4.69) is 111 Å². The number of para-hydroxylation sites is 2. The number of nitrogens with one attached hydrogen (secondary N) is 4. The van der Waals surface area contributed by atoms with Crippen LogP contribution >= 0.6 is 0 Å². The summed E-state index contributed by atoms with van der Waals surface area (Å²) in [6, 6.07) is 25.2. The van der Waals surface area contributed by atoms with Crippen molar-refractivity contribution in [3.05, 3.63) is 114 Å². The number of nitrogens with zero attached hydrogens (tertiary/aromatic N) is 3. The summed E-state index contributed by atoms with van der Waals surface area (Å²) < 4.78 is 2.21. The van der Waals surface area contributed by atoms with Crippen LogP contribution in [0.25, 0.3) is 27.5 Å². The smallest absolute Gasteiger partial charge is 0.237 e. The lowest BCUT2D eigenvalue weighted by Gasteiger charge is -2.21. The number of carbonyl (C=O) groups excluding carboxylic acids is 1. The molecule has 3 aromatic heterocycles. The van der Waals surface area contributed by atoms with Crippen molar-refractivity contribution >= 4 is 27.7 Å².